The number of likely N-dealkylation sites (tertiary alicyclic amines) is 1. The van der Waals surface area contributed by atoms with E-state index in [1.54, 1.807) is 24.0 Å². The van der Waals surface area contributed by atoms with Gasteiger partial charge in [0.05, 0.1) is 30.6 Å². The third kappa shape index (κ3) is 3.49. The largest absolute Gasteiger partial charge is 0.469 e. The maximum Gasteiger partial charge on any atom is 0.308 e. The second kappa shape index (κ2) is 8.70. The summed E-state index contributed by atoms with van der Waals surface area (Å²) in [6.45, 7) is 3.51. The number of esters is 1. The van der Waals surface area contributed by atoms with E-state index in [9.17, 15) is 18.8 Å². The van der Waals surface area contributed by atoms with Crippen molar-refractivity contribution >= 4 is 40.9 Å². The summed E-state index contributed by atoms with van der Waals surface area (Å²) in [5.41, 5.74) is 2.02. The van der Waals surface area contributed by atoms with Crippen molar-refractivity contribution in [3.05, 3.63) is 59.9 Å². The molecule has 7 nitrogen and oxygen atoms in total. The molecule has 178 valence electrons. The molecule has 3 aliphatic heterocycles. The molecule has 2 aromatic carbocycles. The molecule has 2 aromatic rings. The Hall–Kier alpha value is -2.91. The molecule has 0 bridgehead atoms. The molecule has 0 saturated carbocycles. The monoisotopic (exact) mass is 483 g/mol. The number of hydrogen-bond acceptors (Lipinski definition) is 6. The van der Waals surface area contributed by atoms with Gasteiger partial charge in [-0.3, -0.25) is 29.1 Å². The number of thioether (sulfide) groups is 1. The van der Waals surface area contributed by atoms with E-state index < -0.39 is 15.9 Å². The molecule has 3 heterocycles. The first kappa shape index (κ1) is 22.9. The number of hydrogen-bond donors (Lipinski definition) is 0. The zero-order valence-electron chi connectivity index (χ0n) is 19.1. The third-order valence-corrected chi connectivity index (χ3v) is 8.35. The molecular weight excluding hydrogens is 457 g/mol. The van der Waals surface area contributed by atoms with Crippen molar-refractivity contribution in [2.45, 2.75) is 29.9 Å². The van der Waals surface area contributed by atoms with Gasteiger partial charge in [0.2, 0.25) is 10.8 Å². The van der Waals surface area contributed by atoms with Gasteiger partial charge in [-0.15, -0.1) is 11.8 Å². The number of carbonyl (C=O) groups is 3. The molecule has 1 spiro atoms. The first-order valence-electron chi connectivity index (χ1n) is 11.4. The van der Waals surface area contributed by atoms with E-state index in [4.69, 9.17) is 4.74 Å². The van der Waals surface area contributed by atoms with Crippen LogP contribution in [-0.4, -0.2) is 54.8 Å². The first-order chi connectivity index (χ1) is 16.4. The Labute approximate surface area is 201 Å². The summed E-state index contributed by atoms with van der Waals surface area (Å²) in [6, 6.07) is 13.3. The van der Waals surface area contributed by atoms with Crippen molar-refractivity contribution < 1.29 is 23.5 Å². The van der Waals surface area contributed by atoms with Gasteiger partial charge in [0.15, 0.2) is 0 Å². The maximum absolute atomic E-state index is 14.2. The standard InChI is InChI=1S/C25H26FN3O4S/c1-16-22(30)29(19-9-7-18(26)8-10-19)25(34-16)20-5-3-4-6-21(20)28(24(25)32)15-27-13-11-17(12-14-27)23(31)33-2/h3-10,16-17H,11-15H2,1-2H3. The van der Waals surface area contributed by atoms with E-state index in [2.05, 4.69) is 4.90 Å². The smallest absolute Gasteiger partial charge is 0.308 e. The van der Waals surface area contributed by atoms with Crippen molar-refractivity contribution in [1.29, 1.82) is 0 Å². The number of anilines is 2. The summed E-state index contributed by atoms with van der Waals surface area (Å²) < 4.78 is 18.5. The van der Waals surface area contributed by atoms with E-state index >= 15 is 0 Å². The third-order valence-electron chi connectivity index (χ3n) is 6.87. The Morgan fingerprint density at radius 2 is 1.79 bits per heavy atom. The van der Waals surface area contributed by atoms with Gasteiger partial charge in [0.25, 0.3) is 5.91 Å². The highest BCUT2D eigenvalue weighted by molar-refractivity contribution is 8.03. The van der Waals surface area contributed by atoms with E-state index in [1.807, 2.05) is 24.3 Å². The molecule has 2 amide bonds. The summed E-state index contributed by atoms with van der Waals surface area (Å²) >= 11 is 1.33. The van der Waals surface area contributed by atoms with Crippen LogP contribution in [0.15, 0.2) is 48.5 Å². The van der Waals surface area contributed by atoms with Gasteiger partial charge in [-0.1, -0.05) is 18.2 Å². The lowest BCUT2D eigenvalue weighted by atomic mass is 9.97. The molecule has 0 N–H and O–H groups in total. The number of nitrogens with zero attached hydrogens (tertiary/aromatic N) is 3. The summed E-state index contributed by atoms with van der Waals surface area (Å²) in [5.74, 6) is -1.07. The normalized spacial score (nSPS) is 25.3. The van der Waals surface area contributed by atoms with Crippen molar-refractivity contribution in [3.63, 3.8) is 0 Å². The van der Waals surface area contributed by atoms with Crippen molar-refractivity contribution in [2.24, 2.45) is 5.92 Å². The highest BCUT2D eigenvalue weighted by Gasteiger charge is 2.63. The Morgan fingerprint density at radius 1 is 1.12 bits per heavy atom. The predicted octanol–water partition coefficient (Wildman–Crippen LogP) is 3.34. The molecule has 0 radical (unpaired) electrons. The molecule has 2 fully saturated rings. The van der Waals surface area contributed by atoms with E-state index in [0.29, 0.717) is 38.3 Å². The fraction of sp³-hybridized carbons (Fsp3) is 0.400. The maximum atomic E-state index is 14.2. The van der Waals surface area contributed by atoms with Crippen LogP contribution < -0.4 is 9.80 Å². The van der Waals surface area contributed by atoms with Crippen LogP contribution in [0.4, 0.5) is 15.8 Å². The Morgan fingerprint density at radius 3 is 2.47 bits per heavy atom. The minimum Gasteiger partial charge on any atom is -0.469 e. The molecule has 34 heavy (non-hydrogen) atoms. The summed E-state index contributed by atoms with van der Waals surface area (Å²) in [7, 11) is 1.41. The average Bonchev–Trinajstić information content (AvgIpc) is 3.25. The van der Waals surface area contributed by atoms with Crippen molar-refractivity contribution in [2.75, 3.05) is 36.7 Å². The van der Waals surface area contributed by atoms with Crippen LogP contribution in [0, 0.1) is 11.7 Å². The Kier molecular flexibility index (Phi) is 5.85. The van der Waals surface area contributed by atoms with Crippen LogP contribution in [0.25, 0.3) is 0 Å². The number of fused-ring (bicyclic) bond motifs is 2. The number of amides is 2. The number of benzene rings is 2. The highest BCUT2D eigenvalue weighted by atomic mass is 32.2. The minimum atomic E-state index is -1.24. The highest BCUT2D eigenvalue weighted by Crippen LogP contribution is 2.57. The quantitative estimate of drug-likeness (QED) is 0.622. The van der Waals surface area contributed by atoms with Crippen LogP contribution in [0.2, 0.25) is 0 Å². The summed E-state index contributed by atoms with van der Waals surface area (Å²) in [6.07, 6.45) is 1.35. The van der Waals surface area contributed by atoms with Gasteiger partial charge in [-0.2, -0.15) is 0 Å². The number of carbonyl (C=O) groups excluding carboxylic acids is 3. The number of para-hydroxylation sites is 1. The Bertz CT molecular complexity index is 1140. The van der Waals surface area contributed by atoms with E-state index in [0.717, 1.165) is 11.3 Å². The topological polar surface area (TPSA) is 70.2 Å². The van der Waals surface area contributed by atoms with Gasteiger partial charge < -0.3 is 4.74 Å². The molecule has 9 heteroatoms. The number of ether oxygens (including phenoxy) is 1. The zero-order valence-corrected chi connectivity index (χ0v) is 19.9. The Balaban J connectivity index is 1.49. The lowest BCUT2D eigenvalue weighted by Crippen LogP contribution is -2.52. The van der Waals surface area contributed by atoms with Crippen LogP contribution in [0.3, 0.4) is 0 Å². The molecule has 2 atom stereocenters. The van der Waals surface area contributed by atoms with Gasteiger partial charge in [-0.25, -0.2) is 4.39 Å². The summed E-state index contributed by atoms with van der Waals surface area (Å²) in [4.78, 5) is 43.5. The molecule has 2 saturated heterocycles. The number of methoxy groups -OCH3 is 1. The number of rotatable bonds is 4. The first-order valence-corrected chi connectivity index (χ1v) is 12.2. The molecule has 3 aliphatic rings. The average molecular weight is 484 g/mol. The second-order valence-electron chi connectivity index (χ2n) is 8.86. The van der Waals surface area contributed by atoms with Gasteiger partial charge in [-0.05, 0) is 50.1 Å². The lowest BCUT2D eigenvalue weighted by molar-refractivity contribution is -0.147. The van der Waals surface area contributed by atoms with E-state index in [-0.39, 0.29) is 23.7 Å². The molecule has 5 rings (SSSR count). The molecule has 0 aliphatic carbocycles. The fourth-order valence-electron chi connectivity index (χ4n) is 5.15. The summed E-state index contributed by atoms with van der Waals surface area (Å²) in [5, 5.41) is -0.433. The van der Waals surface area contributed by atoms with Crippen LogP contribution in [-0.2, 0) is 24.0 Å². The van der Waals surface area contributed by atoms with Crippen LogP contribution in [0.5, 0.6) is 0 Å². The predicted molar refractivity (Wildman–Crippen MR) is 128 cm³/mol. The minimum absolute atomic E-state index is 0.119. The number of piperidine rings is 1. The molecular formula is C25H26FN3O4S. The number of halogens is 1. The zero-order chi connectivity index (χ0) is 24.0. The van der Waals surface area contributed by atoms with Crippen molar-refractivity contribution in [1.82, 2.24) is 4.90 Å². The second-order valence-corrected chi connectivity index (χ2v) is 10.4. The van der Waals surface area contributed by atoms with Gasteiger partial charge in [0.1, 0.15) is 5.82 Å². The fourth-order valence-corrected chi connectivity index (χ4v) is 6.67. The van der Waals surface area contributed by atoms with Crippen molar-refractivity contribution in [3.8, 4) is 0 Å². The molecule has 2 unspecified atom stereocenters. The van der Waals surface area contributed by atoms with Crippen LogP contribution >= 0.6 is 11.8 Å². The van der Waals surface area contributed by atoms with Gasteiger partial charge in [0, 0.05) is 24.3 Å². The molecule has 0 aromatic heterocycles. The lowest BCUT2D eigenvalue weighted by Gasteiger charge is -2.36. The van der Waals surface area contributed by atoms with Gasteiger partial charge >= 0.3 is 5.97 Å². The van der Waals surface area contributed by atoms with Crippen LogP contribution in [0.1, 0.15) is 25.3 Å². The SMILES string of the molecule is COC(=O)C1CCN(CN2C(=O)C3(SC(C)C(=O)N3c3ccc(F)cc3)c3ccccc32)CC1. The van der Waals surface area contributed by atoms with E-state index in [1.165, 1.54) is 35.9 Å².